The highest BCUT2D eigenvalue weighted by molar-refractivity contribution is 5.71. The Morgan fingerprint density at radius 2 is 1.72 bits per heavy atom. The molecule has 6 heteroatoms. The lowest BCUT2D eigenvalue weighted by atomic mass is 9.71. The molecule has 6 nitrogen and oxygen atoms in total. The zero-order valence-electron chi connectivity index (χ0n) is 20.8. The Balaban J connectivity index is 1.41. The molecular formula is C30H32O6. The number of rotatable bonds is 7. The Hall–Kier alpha value is -3.51. The number of methoxy groups -OCH3 is 1. The summed E-state index contributed by atoms with van der Waals surface area (Å²) in [4.78, 5) is 12.3. The Morgan fingerprint density at radius 1 is 1.00 bits per heavy atom. The number of benzene rings is 3. The molecule has 3 aromatic rings. The van der Waals surface area contributed by atoms with Gasteiger partial charge in [-0.1, -0.05) is 36.4 Å². The fraction of sp³-hybridized carbons (Fsp3) is 0.367. The van der Waals surface area contributed by atoms with Crippen LogP contribution in [0.5, 0.6) is 17.2 Å². The van der Waals surface area contributed by atoms with Crippen molar-refractivity contribution in [3.05, 3.63) is 89.5 Å². The number of carboxylic acid groups (broad SMARTS) is 1. The van der Waals surface area contributed by atoms with Crippen molar-refractivity contribution >= 4 is 5.97 Å². The van der Waals surface area contributed by atoms with Gasteiger partial charge in [-0.15, -0.1) is 0 Å². The maximum absolute atomic E-state index is 12.3. The molecule has 0 bridgehead atoms. The van der Waals surface area contributed by atoms with Crippen molar-refractivity contribution in [2.45, 2.75) is 44.5 Å². The van der Waals surface area contributed by atoms with Gasteiger partial charge in [0.15, 0.2) is 0 Å². The average Bonchev–Trinajstić information content (AvgIpc) is 2.88. The first-order valence-corrected chi connectivity index (χ1v) is 12.3. The van der Waals surface area contributed by atoms with Crippen molar-refractivity contribution in [1.82, 2.24) is 0 Å². The smallest absolute Gasteiger partial charge is 0.309 e. The first-order valence-electron chi connectivity index (χ1n) is 12.3. The largest absolute Gasteiger partial charge is 0.497 e. The van der Waals surface area contributed by atoms with Crippen molar-refractivity contribution < 1.29 is 28.8 Å². The van der Waals surface area contributed by atoms with Gasteiger partial charge in [-0.05, 0) is 74.2 Å². The van der Waals surface area contributed by atoms with Gasteiger partial charge in [0.25, 0.3) is 0 Å². The lowest BCUT2D eigenvalue weighted by Gasteiger charge is -2.50. The van der Waals surface area contributed by atoms with Crippen LogP contribution in [0.25, 0.3) is 0 Å². The van der Waals surface area contributed by atoms with E-state index < -0.39 is 23.6 Å². The summed E-state index contributed by atoms with van der Waals surface area (Å²) in [6.07, 6.45) is 0.382. The third-order valence-electron chi connectivity index (χ3n) is 7.33. The summed E-state index contributed by atoms with van der Waals surface area (Å²) < 4.78 is 24.2. The monoisotopic (exact) mass is 488 g/mol. The molecule has 2 aliphatic rings. The Bertz CT molecular complexity index is 1200. The van der Waals surface area contributed by atoms with Crippen LogP contribution in [-0.2, 0) is 16.0 Å². The predicted octanol–water partition coefficient (Wildman–Crippen LogP) is 5.68. The van der Waals surface area contributed by atoms with Gasteiger partial charge in [-0.2, -0.15) is 0 Å². The molecule has 2 aliphatic heterocycles. The summed E-state index contributed by atoms with van der Waals surface area (Å²) in [5.41, 5.74) is 2.81. The third kappa shape index (κ3) is 4.91. The van der Waals surface area contributed by atoms with Gasteiger partial charge >= 0.3 is 5.97 Å². The molecule has 0 unspecified atom stereocenters. The summed E-state index contributed by atoms with van der Waals surface area (Å²) in [7, 11) is 1.61. The standard InChI is InChI=1S/C30H32O6/c1-30(2)25-17-24(29(31)32)27(18-34-22-12-10-21(33-3)11-13-22)35-28(25)23-16-20(9-14-26(23)36-30)15-19-7-5-4-6-8-19/h4-14,16,24-25,27-28H,15,17-18H2,1-3H3,(H,31,32)/t24-,25-,27-,28+/m0/s1. The summed E-state index contributed by atoms with van der Waals surface area (Å²) in [5, 5.41) is 10.0. The van der Waals surface area contributed by atoms with E-state index in [0.717, 1.165) is 29.0 Å². The Labute approximate surface area is 211 Å². The van der Waals surface area contributed by atoms with E-state index >= 15 is 0 Å². The summed E-state index contributed by atoms with van der Waals surface area (Å²) in [6, 6.07) is 23.8. The molecule has 36 heavy (non-hydrogen) atoms. The molecular weight excluding hydrogens is 456 g/mol. The zero-order valence-corrected chi connectivity index (χ0v) is 20.8. The second-order valence-corrected chi connectivity index (χ2v) is 10.1. The third-order valence-corrected chi connectivity index (χ3v) is 7.33. The molecule has 188 valence electrons. The molecule has 0 spiro atoms. The fourth-order valence-electron chi connectivity index (χ4n) is 5.34. The molecule has 1 fully saturated rings. The molecule has 0 radical (unpaired) electrons. The molecule has 5 rings (SSSR count). The van der Waals surface area contributed by atoms with Crippen molar-refractivity contribution in [3.63, 3.8) is 0 Å². The molecule has 0 amide bonds. The van der Waals surface area contributed by atoms with E-state index in [4.69, 9.17) is 18.9 Å². The van der Waals surface area contributed by atoms with Gasteiger partial charge in [-0.25, -0.2) is 0 Å². The van der Waals surface area contributed by atoms with E-state index in [9.17, 15) is 9.90 Å². The van der Waals surface area contributed by atoms with Crippen LogP contribution in [-0.4, -0.2) is 36.5 Å². The first kappa shape index (κ1) is 24.2. The summed E-state index contributed by atoms with van der Waals surface area (Å²) in [6.45, 7) is 4.18. The number of carbonyl (C=O) groups is 1. The molecule has 1 saturated heterocycles. The predicted molar refractivity (Wildman–Crippen MR) is 136 cm³/mol. The second kappa shape index (κ2) is 9.86. The van der Waals surface area contributed by atoms with Crippen LogP contribution in [0.4, 0.5) is 0 Å². The molecule has 0 aromatic heterocycles. The molecule has 1 N–H and O–H groups in total. The maximum atomic E-state index is 12.3. The van der Waals surface area contributed by atoms with E-state index in [-0.39, 0.29) is 18.6 Å². The van der Waals surface area contributed by atoms with E-state index in [0.29, 0.717) is 12.2 Å². The highest BCUT2D eigenvalue weighted by Crippen LogP contribution is 2.52. The minimum absolute atomic E-state index is 0.102. The van der Waals surface area contributed by atoms with Crippen LogP contribution < -0.4 is 14.2 Å². The number of carboxylic acids is 1. The van der Waals surface area contributed by atoms with Gasteiger partial charge in [-0.3, -0.25) is 4.79 Å². The SMILES string of the molecule is COc1ccc(OC[C@@H]2O[C@@H]3c4cc(Cc5ccccc5)ccc4OC(C)(C)[C@H]3C[C@@H]2C(=O)O)cc1. The maximum Gasteiger partial charge on any atom is 0.309 e. The topological polar surface area (TPSA) is 74.2 Å². The van der Waals surface area contributed by atoms with E-state index in [1.165, 1.54) is 5.56 Å². The van der Waals surface area contributed by atoms with Gasteiger partial charge in [0.2, 0.25) is 0 Å². The first-order chi connectivity index (χ1) is 17.3. The van der Waals surface area contributed by atoms with Crippen molar-refractivity contribution in [1.29, 1.82) is 0 Å². The molecule has 3 aromatic carbocycles. The van der Waals surface area contributed by atoms with E-state index in [1.54, 1.807) is 7.11 Å². The van der Waals surface area contributed by atoms with Gasteiger partial charge in [0.05, 0.1) is 19.1 Å². The second-order valence-electron chi connectivity index (χ2n) is 10.1. The quantitative estimate of drug-likeness (QED) is 0.461. The van der Waals surface area contributed by atoms with Crippen LogP contribution >= 0.6 is 0 Å². The highest BCUT2D eigenvalue weighted by atomic mass is 16.6. The number of ether oxygens (including phenoxy) is 4. The average molecular weight is 489 g/mol. The normalized spacial score (nSPS) is 24.1. The highest BCUT2D eigenvalue weighted by Gasteiger charge is 2.52. The van der Waals surface area contributed by atoms with E-state index in [2.05, 4.69) is 24.3 Å². The minimum atomic E-state index is -0.879. The number of hydrogen-bond donors (Lipinski definition) is 1. The van der Waals surface area contributed by atoms with Gasteiger partial charge in [0.1, 0.15) is 35.6 Å². The number of aliphatic carboxylic acids is 1. The van der Waals surface area contributed by atoms with Crippen molar-refractivity contribution in [2.75, 3.05) is 13.7 Å². The van der Waals surface area contributed by atoms with E-state index in [1.807, 2.05) is 62.4 Å². The number of hydrogen-bond acceptors (Lipinski definition) is 5. The lowest BCUT2D eigenvalue weighted by molar-refractivity contribution is -0.192. The minimum Gasteiger partial charge on any atom is -0.497 e. The lowest BCUT2D eigenvalue weighted by Crippen LogP contribution is -2.53. The van der Waals surface area contributed by atoms with Crippen LogP contribution in [0.3, 0.4) is 0 Å². The fourth-order valence-corrected chi connectivity index (χ4v) is 5.34. The molecule has 4 atom stereocenters. The molecule has 0 saturated carbocycles. The van der Waals surface area contributed by atoms with Crippen molar-refractivity contribution in [2.24, 2.45) is 11.8 Å². The molecule has 2 heterocycles. The summed E-state index contributed by atoms with van der Waals surface area (Å²) >= 11 is 0. The van der Waals surface area contributed by atoms with Crippen LogP contribution in [0, 0.1) is 11.8 Å². The van der Waals surface area contributed by atoms with Gasteiger partial charge < -0.3 is 24.1 Å². The van der Waals surface area contributed by atoms with Crippen LogP contribution in [0.2, 0.25) is 0 Å². The Kier molecular flexibility index (Phi) is 6.63. The van der Waals surface area contributed by atoms with Crippen molar-refractivity contribution in [3.8, 4) is 17.2 Å². The summed E-state index contributed by atoms with van der Waals surface area (Å²) in [5.74, 6) is 0.494. The Morgan fingerprint density at radius 3 is 2.42 bits per heavy atom. The molecule has 0 aliphatic carbocycles. The van der Waals surface area contributed by atoms with Crippen LogP contribution in [0.1, 0.15) is 43.1 Å². The number of fused-ring (bicyclic) bond motifs is 3. The van der Waals surface area contributed by atoms with Crippen LogP contribution in [0.15, 0.2) is 72.8 Å². The zero-order chi connectivity index (χ0) is 25.3. The van der Waals surface area contributed by atoms with Gasteiger partial charge in [0, 0.05) is 11.5 Å².